The smallest absolute Gasteiger partial charge is 0.390 e. The highest BCUT2D eigenvalue weighted by Crippen LogP contribution is 2.39. The average Bonchev–Trinajstić information content (AvgIpc) is 3.32. The number of amides is 1. The number of nitrogens with one attached hydrogen (secondary N) is 3. The van der Waals surface area contributed by atoms with E-state index in [0.717, 1.165) is 29.7 Å². The van der Waals surface area contributed by atoms with Gasteiger partial charge in [-0.1, -0.05) is 47.4 Å². The number of para-hydroxylation sites is 1. The molecule has 1 fully saturated rings. The van der Waals surface area contributed by atoms with Crippen LogP contribution in [-0.2, 0) is 11.3 Å². The first-order chi connectivity index (χ1) is 13.6. The van der Waals surface area contributed by atoms with Crippen LogP contribution in [0.25, 0.3) is 11.3 Å². The number of hydrogen-bond acceptors (Lipinski definition) is 5. The van der Waals surface area contributed by atoms with Crippen LogP contribution in [0.5, 0.6) is 0 Å². The summed E-state index contributed by atoms with van der Waals surface area (Å²) in [6.45, 7) is 0.417. The van der Waals surface area contributed by atoms with Crippen LogP contribution in [0.2, 0.25) is 0 Å². The number of anilines is 1. The Morgan fingerprint density at radius 2 is 1.86 bits per heavy atom. The van der Waals surface area contributed by atoms with E-state index in [9.17, 15) is 14.9 Å². The summed E-state index contributed by atoms with van der Waals surface area (Å²) in [4.78, 5) is 29.1. The fourth-order valence-electron chi connectivity index (χ4n) is 3.04. The van der Waals surface area contributed by atoms with Gasteiger partial charge in [0, 0.05) is 17.8 Å². The molecule has 3 N–H and O–H groups in total. The van der Waals surface area contributed by atoms with Crippen molar-refractivity contribution in [1.82, 2.24) is 15.3 Å². The first-order valence-electron chi connectivity index (χ1n) is 8.96. The van der Waals surface area contributed by atoms with Gasteiger partial charge in [-0.3, -0.25) is 4.79 Å². The Morgan fingerprint density at radius 3 is 2.46 bits per heavy atom. The molecule has 1 saturated carbocycles. The SMILES string of the molecule is O=C(NCc1ccc(-c2cnc([N+](=O)[O-])[nH]2)cc1)C1(Nc2ccccc2)CC1. The maximum atomic E-state index is 12.6. The first-order valence-corrected chi connectivity index (χ1v) is 8.96. The minimum absolute atomic E-state index is 0.00961. The molecule has 8 heteroatoms. The Labute approximate surface area is 161 Å². The second-order valence-electron chi connectivity index (χ2n) is 6.83. The number of imidazole rings is 1. The summed E-state index contributed by atoms with van der Waals surface area (Å²) in [6.07, 6.45) is 3.05. The van der Waals surface area contributed by atoms with Crippen LogP contribution in [-0.4, -0.2) is 26.3 Å². The molecule has 3 aromatic rings. The number of nitrogens with zero attached hydrogens (tertiary/aromatic N) is 2. The molecule has 0 atom stereocenters. The first kappa shape index (κ1) is 17.7. The van der Waals surface area contributed by atoms with E-state index < -0.39 is 10.5 Å². The topological polar surface area (TPSA) is 113 Å². The van der Waals surface area contributed by atoms with Crippen molar-refractivity contribution in [3.8, 4) is 11.3 Å². The van der Waals surface area contributed by atoms with Crippen LogP contribution in [0.4, 0.5) is 11.6 Å². The highest BCUT2D eigenvalue weighted by molar-refractivity contribution is 5.92. The molecular formula is C20H19N5O3. The van der Waals surface area contributed by atoms with Crippen molar-refractivity contribution in [2.45, 2.75) is 24.9 Å². The summed E-state index contributed by atoms with van der Waals surface area (Å²) in [5.74, 6) is -0.295. The molecular weight excluding hydrogens is 358 g/mol. The lowest BCUT2D eigenvalue weighted by atomic mass is 10.1. The molecule has 0 unspecified atom stereocenters. The molecule has 1 amide bonds. The lowest BCUT2D eigenvalue weighted by molar-refractivity contribution is -0.393. The molecule has 0 saturated heterocycles. The summed E-state index contributed by atoms with van der Waals surface area (Å²) in [5, 5.41) is 17.0. The quantitative estimate of drug-likeness (QED) is 0.432. The average molecular weight is 377 g/mol. The van der Waals surface area contributed by atoms with Crippen LogP contribution >= 0.6 is 0 Å². The summed E-state index contributed by atoms with van der Waals surface area (Å²) in [6, 6.07) is 17.2. The third kappa shape index (κ3) is 3.71. The number of carbonyl (C=O) groups is 1. The Kier molecular flexibility index (Phi) is 4.52. The van der Waals surface area contributed by atoms with Crippen molar-refractivity contribution < 1.29 is 9.72 Å². The Bertz CT molecular complexity index is 994. The zero-order valence-electron chi connectivity index (χ0n) is 15.0. The zero-order valence-corrected chi connectivity index (χ0v) is 15.0. The summed E-state index contributed by atoms with van der Waals surface area (Å²) < 4.78 is 0. The summed E-state index contributed by atoms with van der Waals surface area (Å²) >= 11 is 0. The van der Waals surface area contributed by atoms with Crippen molar-refractivity contribution in [2.75, 3.05) is 5.32 Å². The van der Waals surface area contributed by atoms with E-state index in [-0.39, 0.29) is 11.9 Å². The van der Waals surface area contributed by atoms with Crippen LogP contribution < -0.4 is 10.6 Å². The maximum absolute atomic E-state index is 12.6. The minimum atomic E-state index is -0.565. The Morgan fingerprint density at radius 1 is 1.14 bits per heavy atom. The molecule has 2 aromatic carbocycles. The number of aromatic nitrogens is 2. The number of rotatable bonds is 7. The van der Waals surface area contributed by atoms with Crippen molar-refractivity contribution >= 4 is 17.5 Å². The number of nitro groups is 1. The third-order valence-corrected chi connectivity index (χ3v) is 4.80. The molecule has 1 aromatic heterocycles. The second-order valence-corrected chi connectivity index (χ2v) is 6.83. The molecule has 8 nitrogen and oxygen atoms in total. The normalized spacial score (nSPS) is 14.3. The lowest BCUT2D eigenvalue weighted by Crippen LogP contribution is -2.41. The monoisotopic (exact) mass is 377 g/mol. The van der Waals surface area contributed by atoms with E-state index in [2.05, 4.69) is 20.6 Å². The van der Waals surface area contributed by atoms with E-state index in [0.29, 0.717) is 12.2 Å². The number of aromatic amines is 1. The number of benzene rings is 2. The van der Waals surface area contributed by atoms with Gasteiger partial charge in [-0.25, -0.2) is 4.98 Å². The van der Waals surface area contributed by atoms with Crippen LogP contribution in [0.15, 0.2) is 60.8 Å². The number of carbonyl (C=O) groups excluding carboxylic acids is 1. The van der Waals surface area contributed by atoms with Gasteiger partial charge in [0.2, 0.25) is 5.91 Å². The van der Waals surface area contributed by atoms with Gasteiger partial charge >= 0.3 is 5.95 Å². The van der Waals surface area contributed by atoms with Gasteiger partial charge in [0.05, 0.1) is 0 Å². The number of hydrogen-bond donors (Lipinski definition) is 3. The van der Waals surface area contributed by atoms with Crippen molar-refractivity contribution in [1.29, 1.82) is 0 Å². The largest absolute Gasteiger partial charge is 0.432 e. The fraction of sp³-hybridized carbons (Fsp3) is 0.200. The third-order valence-electron chi connectivity index (χ3n) is 4.80. The Balaban J connectivity index is 1.36. The zero-order chi connectivity index (χ0) is 19.6. The van der Waals surface area contributed by atoms with Crippen molar-refractivity contribution in [3.05, 3.63) is 76.5 Å². The lowest BCUT2D eigenvalue weighted by Gasteiger charge is -2.18. The molecule has 1 aliphatic carbocycles. The van der Waals surface area contributed by atoms with Gasteiger partial charge in [-0.15, -0.1) is 0 Å². The second kappa shape index (κ2) is 7.15. The van der Waals surface area contributed by atoms with Gasteiger partial charge in [-0.05, 0) is 35.5 Å². The molecule has 0 aliphatic heterocycles. The fourth-order valence-corrected chi connectivity index (χ4v) is 3.04. The van der Waals surface area contributed by atoms with Gasteiger partial charge in [-0.2, -0.15) is 0 Å². The standard InChI is InChI=1S/C20H19N5O3/c26-18(20(10-11-20)24-16-4-2-1-3-5-16)21-12-14-6-8-15(9-7-14)17-13-22-19(23-17)25(27)28/h1-9,13,24H,10-12H2,(H,21,26)(H,22,23). The highest BCUT2D eigenvalue weighted by atomic mass is 16.6. The van der Waals surface area contributed by atoms with Gasteiger partial charge in [0.25, 0.3) is 0 Å². The molecule has 28 heavy (non-hydrogen) atoms. The molecule has 4 rings (SSSR count). The van der Waals surface area contributed by atoms with Gasteiger partial charge < -0.3 is 20.7 Å². The van der Waals surface area contributed by atoms with E-state index >= 15 is 0 Å². The predicted octanol–water partition coefficient (Wildman–Crippen LogP) is 3.25. The van der Waals surface area contributed by atoms with E-state index in [1.165, 1.54) is 6.20 Å². The Hall–Kier alpha value is -3.68. The van der Waals surface area contributed by atoms with Crippen LogP contribution in [0.1, 0.15) is 18.4 Å². The number of H-pyrrole nitrogens is 1. The van der Waals surface area contributed by atoms with E-state index in [1.807, 2.05) is 54.6 Å². The summed E-state index contributed by atoms with van der Waals surface area (Å²) in [7, 11) is 0. The molecule has 1 aliphatic rings. The maximum Gasteiger partial charge on any atom is 0.432 e. The van der Waals surface area contributed by atoms with Crippen molar-refractivity contribution in [3.63, 3.8) is 0 Å². The van der Waals surface area contributed by atoms with E-state index in [4.69, 9.17) is 0 Å². The van der Waals surface area contributed by atoms with Gasteiger partial charge in [0.15, 0.2) is 0 Å². The predicted molar refractivity (Wildman–Crippen MR) is 105 cm³/mol. The van der Waals surface area contributed by atoms with Crippen LogP contribution in [0.3, 0.4) is 0 Å². The summed E-state index contributed by atoms with van der Waals surface area (Å²) in [5.41, 5.74) is 2.73. The molecule has 0 radical (unpaired) electrons. The van der Waals surface area contributed by atoms with Crippen LogP contribution in [0, 0.1) is 10.1 Å². The van der Waals surface area contributed by atoms with E-state index in [1.54, 1.807) is 0 Å². The molecule has 0 bridgehead atoms. The molecule has 142 valence electrons. The minimum Gasteiger partial charge on any atom is -0.390 e. The molecule has 1 heterocycles. The van der Waals surface area contributed by atoms with Crippen molar-refractivity contribution in [2.24, 2.45) is 0 Å². The molecule has 0 spiro atoms. The highest BCUT2D eigenvalue weighted by Gasteiger charge is 2.49. The van der Waals surface area contributed by atoms with Gasteiger partial charge in [0.1, 0.15) is 17.4 Å².